The summed E-state index contributed by atoms with van der Waals surface area (Å²) in [5.41, 5.74) is 6.23. The minimum absolute atomic E-state index is 0.0742. The fourth-order valence-electron chi connectivity index (χ4n) is 1.55. The van der Waals surface area contributed by atoms with Gasteiger partial charge in [0.25, 0.3) is 5.91 Å². The molecule has 7 nitrogen and oxygen atoms in total. The molecule has 21 heavy (non-hydrogen) atoms. The van der Waals surface area contributed by atoms with Crippen LogP contribution in [0.5, 0.6) is 0 Å². The third-order valence-corrected chi connectivity index (χ3v) is 4.52. The maximum atomic E-state index is 12.0. The zero-order valence-corrected chi connectivity index (χ0v) is 12.7. The Balaban J connectivity index is 2.19. The fraction of sp³-hybridized carbons (Fsp3) is 0.167. The van der Waals surface area contributed by atoms with E-state index in [1.165, 1.54) is 29.5 Å². The summed E-state index contributed by atoms with van der Waals surface area (Å²) in [6.45, 7) is 1.77. The van der Waals surface area contributed by atoms with Crippen molar-refractivity contribution < 1.29 is 13.2 Å². The Hall–Kier alpha value is -1.81. The van der Waals surface area contributed by atoms with Crippen molar-refractivity contribution >= 4 is 33.0 Å². The number of anilines is 1. The zero-order valence-electron chi connectivity index (χ0n) is 11.1. The smallest absolute Gasteiger partial charge is 0.275 e. The van der Waals surface area contributed by atoms with Gasteiger partial charge in [-0.3, -0.25) is 4.79 Å². The van der Waals surface area contributed by atoms with Crippen LogP contribution in [0.3, 0.4) is 0 Å². The molecular weight excluding hydrogens is 312 g/mol. The first-order chi connectivity index (χ1) is 9.77. The molecule has 1 unspecified atom stereocenters. The highest BCUT2D eigenvalue weighted by Gasteiger charge is 2.14. The molecule has 5 N–H and O–H groups in total. The summed E-state index contributed by atoms with van der Waals surface area (Å²) < 4.78 is 22.5. The molecule has 2 aromatic rings. The van der Waals surface area contributed by atoms with E-state index in [1.807, 2.05) is 0 Å². The molecule has 1 atom stereocenters. The van der Waals surface area contributed by atoms with E-state index in [9.17, 15) is 13.2 Å². The molecule has 0 radical (unpaired) electrons. The minimum Gasteiger partial charge on any atom is -0.322 e. The normalized spacial score (nSPS) is 12.9. The molecule has 0 spiro atoms. The van der Waals surface area contributed by atoms with Gasteiger partial charge in [-0.05, 0) is 25.1 Å². The average Bonchev–Trinajstić information content (AvgIpc) is 2.88. The van der Waals surface area contributed by atoms with Gasteiger partial charge < -0.3 is 11.1 Å². The number of aromatic nitrogens is 1. The van der Waals surface area contributed by atoms with Gasteiger partial charge in [-0.15, -0.1) is 11.3 Å². The number of thiazole rings is 1. The number of nitrogens with zero attached hydrogens (tertiary/aromatic N) is 1. The average molecular weight is 326 g/mol. The largest absolute Gasteiger partial charge is 0.322 e. The van der Waals surface area contributed by atoms with Crippen molar-refractivity contribution in [1.29, 1.82) is 0 Å². The van der Waals surface area contributed by atoms with E-state index in [4.69, 9.17) is 10.9 Å². The second-order valence-electron chi connectivity index (χ2n) is 4.39. The molecule has 0 saturated carbocycles. The second-order valence-corrected chi connectivity index (χ2v) is 6.84. The van der Waals surface area contributed by atoms with E-state index in [0.29, 0.717) is 10.7 Å². The predicted octanol–water partition coefficient (Wildman–Crippen LogP) is 1.06. The Bertz CT molecular complexity index is 768. The van der Waals surface area contributed by atoms with Gasteiger partial charge in [0.15, 0.2) is 0 Å². The van der Waals surface area contributed by atoms with Crippen LogP contribution < -0.4 is 16.2 Å². The van der Waals surface area contributed by atoms with Crippen molar-refractivity contribution in [1.82, 2.24) is 4.98 Å². The molecule has 0 fully saturated rings. The van der Waals surface area contributed by atoms with Crippen LogP contribution in [0.2, 0.25) is 0 Å². The van der Waals surface area contributed by atoms with Gasteiger partial charge in [0.2, 0.25) is 10.0 Å². The lowest BCUT2D eigenvalue weighted by atomic mass is 10.3. The molecule has 1 heterocycles. The second kappa shape index (κ2) is 5.90. The Labute approximate surface area is 126 Å². The van der Waals surface area contributed by atoms with Gasteiger partial charge in [0, 0.05) is 11.1 Å². The van der Waals surface area contributed by atoms with Gasteiger partial charge >= 0.3 is 0 Å². The number of nitrogens with two attached hydrogens (primary N) is 2. The van der Waals surface area contributed by atoms with Crippen LogP contribution in [-0.4, -0.2) is 19.3 Å². The minimum atomic E-state index is -3.81. The molecule has 0 aliphatic rings. The van der Waals surface area contributed by atoms with Gasteiger partial charge in [0.1, 0.15) is 10.7 Å². The number of benzene rings is 1. The van der Waals surface area contributed by atoms with E-state index in [-0.39, 0.29) is 16.6 Å². The van der Waals surface area contributed by atoms with E-state index in [1.54, 1.807) is 18.4 Å². The highest BCUT2D eigenvalue weighted by atomic mass is 32.2. The first-order valence-electron chi connectivity index (χ1n) is 5.92. The van der Waals surface area contributed by atoms with Gasteiger partial charge in [-0.1, -0.05) is 6.07 Å². The number of carbonyl (C=O) groups excluding carboxylic acids is 1. The Kier molecular flexibility index (Phi) is 4.37. The number of nitrogens with one attached hydrogen (secondary N) is 1. The Morgan fingerprint density at radius 1 is 1.43 bits per heavy atom. The third kappa shape index (κ3) is 3.85. The summed E-state index contributed by atoms with van der Waals surface area (Å²) in [6, 6.07) is 5.44. The third-order valence-electron chi connectivity index (χ3n) is 2.56. The standard InChI is InChI=1S/C12H14N4O3S2/c1-7(13)12-16-10(6-20-12)11(17)15-8-3-2-4-9(5-8)21(14,18)19/h2-7H,13H2,1H3,(H,15,17)(H2,14,18,19). The fourth-order valence-corrected chi connectivity index (χ4v) is 2.86. The summed E-state index contributed by atoms with van der Waals surface area (Å²) in [4.78, 5) is 16.1. The van der Waals surface area contributed by atoms with Crippen LogP contribution in [0, 0.1) is 0 Å². The van der Waals surface area contributed by atoms with Crippen molar-refractivity contribution in [2.75, 3.05) is 5.32 Å². The molecule has 1 aromatic heterocycles. The van der Waals surface area contributed by atoms with E-state index in [2.05, 4.69) is 10.3 Å². The predicted molar refractivity (Wildman–Crippen MR) is 80.5 cm³/mol. The number of carbonyl (C=O) groups is 1. The molecule has 0 saturated heterocycles. The first kappa shape index (κ1) is 15.6. The van der Waals surface area contributed by atoms with Crippen molar-refractivity contribution in [3.8, 4) is 0 Å². The van der Waals surface area contributed by atoms with Gasteiger partial charge in [-0.25, -0.2) is 18.5 Å². The highest BCUT2D eigenvalue weighted by molar-refractivity contribution is 7.89. The topological polar surface area (TPSA) is 128 Å². The van der Waals surface area contributed by atoms with Gasteiger partial charge in [-0.2, -0.15) is 0 Å². The van der Waals surface area contributed by atoms with Crippen molar-refractivity contribution in [3.05, 3.63) is 40.3 Å². The summed E-state index contributed by atoms with van der Waals surface area (Å²) in [7, 11) is -3.81. The van der Waals surface area contributed by atoms with Crippen LogP contribution in [0.15, 0.2) is 34.5 Å². The van der Waals surface area contributed by atoms with Crippen LogP contribution in [0.25, 0.3) is 0 Å². The number of rotatable bonds is 4. The number of sulfonamides is 1. The first-order valence-corrected chi connectivity index (χ1v) is 8.35. The summed E-state index contributed by atoms with van der Waals surface area (Å²) in [6.07, 6.45) is 0. The molecule has 0 bridgehead atoms. The van der Waals surface area contributed by atoms with E-state index >= 15 is 0 Å². The molecule has 1 amide bonds. The van der Waals surface area contributed by atoms with Crippen molar-refractivity contribution in [3.63, 3.8) is 0 Å². The quantitative estimate of drug-likeness (QED) is 0.774. The maximum Gasteiger partial charge on any atom is 0.275 e. The number of primary sulfonamides is 1. The summed E-state index contributed by atoms with van der Waals surface area (Å²) in [5.74, 6) is -0.440. The molecule has 112 valence electrons. The lowest BCUT2D eigenvalue weighted by Gasteiger charge is -2.05. The lowest BCUT2D eigenvalue weighted by molar-refractivity contribution is 0.102. The zero-order chi connectivity index (χ0) is 15.6. The molecule has 2 rings (SSSR count). The van der Waals surface area contributed by atoms with Crippen LogP contribution in [0.1, 0.15) is 28.5 Å². The highest BCUT2D eigenvalue weighted by Crippen LogP contribution is 2.18. The van der Waals surface area contributed by atoms with Crippen LogP contribution >= 0.6 is 11.3 Å². The SMILES string of the molecule is CC(N)c1nc(C(=O)Nc2cccc(S(N)(=O)=O)c2)cs1. The number of hydrogen-bond acceptors (Lipinski definition) is 6. The molecule has 0 aliphatic heterocycles. The van der Waals surface area contributed by atoms with E-state index in [0.717, 1.165) is 0 Å². The Morgan fingerprint density at radius 3 is 2.71 bits per heavy atom. The molecule has 1 aromatic carbocycles. The molecular formula is C12H14N4O3S2. The number of amides is 1. The summed E-state index contributed by atoms with van der Waals surface area (Å²) in [5, 5.41) is 9.85. The number of hydrogen-bond donors (Lipinski definition) is 3. The Morgan fingerprint density at radius 2 is 2.14 bits per heavy atom. The van der Waals surface area contributed by atoms with Gasteiger partial charge in [0.05, 0.1) is 10.9 Å². The monoisotopic (exact) mass is 326 g/mol. The van der Waals surface area contributed by atoms with Crippen LogP contribution in [0.4, 0.5) is 5.69 Å². The maximum absolute atomic E-state index is 12.0. The lowest BCUT2D eigenvalue weighted by Crippen LogP contribution is -2.15. The van der Waals surface area contributed by atoms with Crippen molar-refractivity contribution in [2.45, 2.75) is 17.9 Å². The van der Waals surface area contributed by atoms with Crippen LogP contribution in [-0.2, 0) is 10.0 Å². The molecule has 0 aliphatic carbocycles. The summed E-state index contributed by atoms with van der Waals surface area (Å²) >= 11 is 1.29. The van der Waals surface area contributed by atoms with Crippen molar-refractivity contribution in [2.24, 2.45) is 10.9 Å². The van der Waals surface area contributed by atoms with E-state index < -0.39 is 15.9 Å². The molecule has 9 heteroatoms.